The van der Waals surface area contributed by atoms with Crippen molar-refractivity contribution in [3.05, 3.63) is 76.1 Å². The van der Waals surface area contributed by atoms with Crippen molar-refractivity contribution in [1.82, 2.24) is 0 Å². The van der Waals surface area contributed by atoms with E-state index in [2.05, 4.69) is 0 Å². The van der Waals surface area contributed by atoms with Crippen LogP contribution in [0.5, 0.6) is 5.75 Å². The van der Waals surface area contributed by atoms with E-state index in [4.69, 9.17) is 9.15 Å². The van der Waals surface area contributed by atoms with Gasteiger partial charge in [-0.05, 0) is 12.1 Å². The minimum absolute atomic E-state index is 0.124. The van der Waals surface area contributed by atoms with Gasteiger partial charge in [0.25, 0.3) is 0 Å². The van der Waals surface area contributed by atoms with Crippen LogP contribution in [-0.4, -0.2) is 12.4 Å². The van der Waals surface area contributed by atoms with Gasteiger partial charge in [0, 0.05) is 23.1 Å². The van der Waals surface area contributed by atoms with Gasteiger partial charge in [-0.3, -0.25) is 4.79 Å². The van der Waals surface area contributed by atoms with Crippen molar-refractivity contribution in [3.8, 4) is 5.75 Å². The van der Waals surface area contributed by atoms with Crippen molar-refractivity contribution in [2.75, 3.05) is 6.61 Å². The van der Waals surface area contributed by atoms with Crippen molar-refractivity contribution < 1.29 is 27.1 Å². The first kappa shape index (κ1) is 16.8. The van der Waals surface area contributed by atoms with Gasteiger partial charge in [0.1, 0.15) is 11.3 Å². The van der Waals surface area contributed by atoms with Gasteiger partial charge in [0.05, 0.1) is 5.56 Å². The maximum Gasteiger partial charge on any atom is 0.417 e. The lowest BCUT2D eigenvalue weighted by atomic mass is 10.1. The molecule has 0 amide bonds. The molecule has 0 N–H and O–H groups in total. The number of fused-ring (bicyclic) bond motifs is 1. The molecular formula is C18H11F3O4. The molecule has 3 rings (SSSR count). The number of ether oxygens (including phenoxy) is 1. The fraction of sp³-hybridized carbons (Fsp3) is 0.111. The normalized spacial score (nSPS) is 11.5. The van der Waals surface area contributed by atoms with Crippen LogP contribution < -0.4 is 10.4 Å². The van der Waals surface area contributed by atoms with Crippen LogP contribution in [-0.2, 0) is 6.18 Å². The maximum absolute atomic E-state index is 13.0. The molecule has 1 aromatic heterocycles. The zero-order valence-electron chi connectivity index (χ0n) is 12.7. The summed E-state index contributed by atoms with van der Waals surface area (Å²) in [6, 6.07) is 12.4. The van der Waals surface area contributed by atoms with E-state index in [1.807, 2.05) is 0 Å². The highest BCUT2D eigenvalue weighted by molar-refractivity contribution is 5.97. The molecule has 0 atom stereocenters. The molecule has 0 spiro atoms. The fourth-order valence-corrected chi connectivity index (χ4v) is 2.32. The van der Waals surface area contributed by atoms with E-state index in [-0.39, 0.29) is 29.1 Å². The van der Waals surface area contributed by atoms with Gasteiger partial charge in [0.15, 0.2) is 12.4 Å². The quantitative estimate of drug-likeness (QED) is 0.527. The first-order valence-corrected chi connectivity index (χ1v) is 7.21. The van der Waals surface area contributed by atoms with E-state index in [0.717, 1.165) is 12.1 Å². The van der Waals surface area contributed by atoms with Crippen LogP contribution in [0.2, 0.25) is 0 Å². The minimum Gasteiger partial charge on any atom is -0.485 e. The zero-order chi connectivity index (χ0) is 18.0. The molecule has 0 radical (unpaired) electrons. The van der Waals surface area contributed by atoms with E-state index in [1.165, 1.54) is 6.07 Å². The number of rotatable bonds is 4. The Morgan fingerprint density at radius 2 is 1.76 bits per heavy atom. The third kappa shape index (κ3) is 3.71. The second-order valence-electron chi connectivity index (χ2n) is 5.21. The van der Waals surface area contributed by atoms with Crippen molar-refractivity contribution in [3.63, 3.8) is 0 Å². The van der Waals surface area contributed by atoms with Crippen LogP contribution in [0.4, 0.5) is 13.2 Å². The lowest BCUT2D eigenvalue weighted by Crippen LogP contribution is -2.12. The number of halogens is 3. The van der Waals surface area contributed by atoms with Crippen molar-refractivity contribution in [2.45, 2.75) is 6.18 Å². The standard InChI is InChI=1S/C18H11F3O4/c19-18(20,21)14-9-17(23)25-16-8-12(6-7-13(14)16)24-10-15(22)11-4-2-1-3-5-11/h1-9H,10H2. The summed E-state index contributed by atoms with van der Waals surface area (Å²) in [7, 11) is 0. The van der Waals surface area contributed by atoms with Crippen LogP contribution >= 0.6 is 0 Å². The molecular weight excluding hydrogens is 337 g/mol. The van der Waals surface area contributed by atoms with Crippen LogP contribution in [0, 0.1) is 0 Å². The maximum atomic E-state index is 13.0. The molecule has 3 aromatic rings. The molecule has 1 heterocycles. The molecule has 0 aliphatic heterocycles. The Hall–Kier alpha value is -3.09. The second-order valence-corrected chi connectivity index (χ2v) is 5.21. The first-order valence-electron chi connectivity index (χ1n) is 7.21. The van der Waals surface area contributed by atoms with E-state index in [9.17, 15) is 22.8 Å². The summed E-state index contributed by atoms with van der Waals surface area (Å²) >= 11 is 0. The minimum atomic E-state index is -4.68. The van der Waals surface area contributed by atoms with Crippen LogP contribution in [0.3, 0.4) is 0 Å². The SMILES string of the molecule is O=C(COc1ccc2c(C(F)(F)F)cc(=O)oc2c1)c1ccccc1. The van der Waals surface area contributed by atoms with Crippen LogP contribution in [0.25, 0.3) is 11.0 Å². The Bertz CT molecular complexity index is 975. The van der Waals surface area contributed by atoms with Gasteiger partial charge >= 0.3 is 11.8 Å². The van der Waals surface area contributed by atoms with E-state index < -0.39 is 17.4 Å². The van der Waals surface area contributed by atoms with E-state index >= 15 is 0 Å². The number of benzene rings is 2. The summed E-state index contributed by atoms with van der Waals surface area (Å²) in [6.07, 6.45) is -4.68. The summed E-state index contributed by atoms with van der Waals surface area (Å²) in [5.74, 6) is -0.162. The molecule has 0 saturated heterocycles. The van der Waals surface area contributed by atoms with Crippen molar-refractivity contribution >= 4 is 16.8 Å². The summed E-state index contributed by atoms with van der Waals surface area (Å²) in [5, 5.41) is -0.256. The molecule has 2 aromatic carbocycles. The molecule has 0 fully saturated rings. The van der Waals surface area contributed by atoms with Crippen LogP contribution in [0.1, 0.15) is 15.9 Å². The van der Waals surface area contributed by atoms with Crippen LogP contribution in [0.15, 0.2) is 63.8 Å². The van der Waals surface area contributed by atoms with Gasteiger partial charge < -0.3 is 9.15 Å². The number of ketones is 1. The van der Waals surface area contributed by atoms with Gasteiger partial charge in [0.2, 0.25) is 0 Å². The van der Waals surface area contributed by atoms with Crippen molar-refractivity contribution in [2.24, 2.45) is 0 Å². The molecule has 0 aliphatic carbocycles. The molecule has 25 heavy (non-hydrogen) atoms. The Morgan fingerprint density at radius 1 is 1.04 bits per heavy atom. The number of carbonyl (C=O) groups is 1. The van der Waals surface area contributed by atoms with Crippen molar-refractivity contribution in [1.29, 1.82) is 0 Å². The largest absolute Gasteiger partial charge is 0.485 e. The third-order valence-corrected chi connectivity index (χ3v) is 3.49. The number of alkyl halides is 3. The highest BCUT2D eigenvalue weighted by Gasteiger charge is 2.33. The van der Waals surface area contributed by atoms with Gasteiger partial charge in [-0.2, -0.15) is 13.2 Å². The molecule has 0 saturated carbocycles. The predicted molar refractivity (Wildman–Crippen MR) is 83.8 cm³/mol. The fourth-order valence-electron chi connectivity index (χ4n) is 2.32. The Kier molecular flexibility index (Phi) is 4.31. The third-order valence-electron chi connectivity index (χ3n) is 3.49. The number of hydrogen-bond acceptors (Lipinski definition) is 4. The Morgan fingerprint density at radius 3 is 2.44 bits per heavy atom. The summed E-state index contributed by atoms with van der Waals surface area (Å²) in [6.45, 7) is -0.293. The topological polar surface area (TPSA) is 56.5 Å². The van der Waals surface area contributed by atoms with Gasteiger partial charge in [-0.15, -0.1) is 0 Å². The Labute approximate surface area is 139 Å². The lowest BCUT2D eigenvalue weighted by Gasteiger charge is -2.10. The molecule has 0 unspecified atom stereocenters. The summed E-state index contributed by atoms with van der Waals surface area (Å²) < 4.78 is 49.1. The second kappa shape index (κ2) is 6.43. The average molecular weight is 348 g/mol. The zero-order valence-corrected chi connectivity index (χ0v) is 12.7. The predicted octanol–water partition coefficient (Wildman–Crippen LogP) is 4.07. The number of carbonyl (C=O) groups excluding carboxylic acids is 1. The monoisotopic (exact) mass is 348 g/mol. The summed E-state index contributed by atoms with van der Waals surface area (Å²) in [5.41, 5.74) is -2.00. The highest BCUT2D eigenvalue weighted by atomic mass is 19.4. The van der Waals surface area contributed by atoms with E-state index in [0.29, 0.717) is 11.6 Å². The average Bonchev–Trinajstić information content (AvgIpc) is 2.58. The summed E-state index contributed by atoms with van der Waals surface area (Å²) in [4.78, 5) is 23.3. The molecule has 128 valence electrons. The number of hydrogen-bond donors (Lipinski definition) is 0. The molecule has 0 bridgehead atoms. The smallest absolute Gasteiger partial charge is 0.417 e. The highest BCUT2D eigenvalue weighted by Crippen LogP contribution is 2.34. The van der Waals surface area contributed by atoms with E-state index in [1.54, 1.807) is 30.3 Å². The van der Waals surface area contributed by atoms with Gasteiger partial charge in [-0.25, -0.2) is 4.79 Å². The first-order chi connectivity index (χ1) is 11.8. The Balaban J connectivity index is 1.87. The molecule has 4 nitrogen and oxygen atoms in total. The lowest BCUT2D eigenvalue weighted by molar-refractivity contribution is -0.136. The molecule has 0 aliphatic rings. The van der Waals surface area contributed by atoms with Gasteiger partial charge in [-0.1, -0.05) is 30.3 Å². The number of Topliss-reactive ketones (excluding diaryl/α,β-unsaturated/α-hetero) is 1. The molecule has 7 heteroatoms.